The summed E-state index contributed by atoms with van der Waals surface area (Å²) < 4.78 is 5.90. The Labute approximate surface area is 126 Å². The highest BCUT2D eigenvalue weighted by Gasteiger charge is 2.03. The summed E-state index contributed by atoms with van der Waals surface area (Å²) in [5.41, 5.74) is 8.76. The first-order chi connectivity index (χ1) is 10.2. The van der Waals surface area contributed by atoms with Crippen LogP contribution in [-0.2, 0) is 6.61 Å². The standard InChI is InChI=1S/C19H21NO/c1-15(2)17-9-5-11-19(13-17)21-14-18-8-4-3-7-16(18)10-6-12-20/h3-5,7-9,11,13,15H,12,14,20H2,1-2H3. The predicted octanol–water partition coefficient (Wildman–Crippen LogP) is 3.70. The Morgan fingerprint density at radius 3 is 2.67 bits per heavy atom. The molecular weight excluding hydrogens is 258 g/mol. The predicted molar refractivity (Wildman–Crippen MR) is 87.2 cm³/mol. The van der Waals surface area contributed by atoms with Crippen LogP contribution in [0.4, 0.5) is 0 Å². The molecule has 0 atom stereocenters. The number of hydrogen-bond donors (Lipinski definition) is 1. The Kier molecular flexibility index (Phi) is 5.43. The summed E-state index contributed by atoms with van der Waals surface area (Å²) in [4.78, 5) is 0. The summed E-state index contributed by atoms with van der Waals surface area (Å²) in [5, 5.41) is 0. The molecule has 0 spiro atoms. The Morgan fingerprint density at radius 1 is 1.10 bits per heavy atom. The molecule has 0 aliphatic carbocycles. The number of nitrogens with two attached hydrogens (primary N) is 1. The Bertz CT molecular complexity index is 650. The van der Waals surface area contributed by atoms with Gasteiger partial charge < -0.3 is 10.5 Å². The minimum absolute atomic E-state index is 0.367. The molecule has 2 heteroatoms. The van der Waals surface area contributed by atoms with Crippen LogP contribution in [0.15, 0.2) is 48.5 Å². The highest BCUT2D eigenvalue weighted by Crippen LogP contribution is 2.21. The summed E-state index contributed by atoms with van der Waals surface area (Å²) in [5.74, 6) is 7.36. The maximum absolute atomic E-state index is 5.90. The molecule has 0 aromatic heterocycles. The second-order valence-electron chi connectivity index (χ2n) is 5.18. The summed E-state index contributed by atoms with van der Waals surface area (Å²) in [6.45, 7) is 5.23. The third kappa shape index (κ3) is 4.37. The number of hydrogen-bond acceptors (Lipinski definition) is 2. The van der Waals surface area contributed by atoms with Gasteiger partial charge in [-0.25, -0.2) is 0 Å². The van der Waals surface area contributed by atoms with Crippen LogP contribution < -0.4 is 10.5 Å². The van der Waals surface area contributed by atoms with Crippen molar-refractivity contribution in [3.63, 3.8) is 0 Å². The van der Waals surface area contributed by atoms with Crippen LogP contribution in [0.2, 0.25) is 0 Å². The first-order valence-electron chi connectivity index (χ1n) is 7.20. The van der Waals surface area contributed by atoms with Gasteiger partial charge in [-0.3, -0.25) is 0 Å². The van der Waals surface area contributed by atoms with Gasteiger partial charge in [0.05, 0.1) is 6.54 Å². The average Bonchev–Trinajstić information content (AvgIpc) is 2.52. The van der Waals surface area contributed by atoms with Crippen LogP contribution in [-0.4, -0.2) is 6.54 Å². The summed E-state index contributed by atoms with van der Waals surface area (Å²) in [7, 11) is 0. The van der Waals surface area contributed by atoms with Gasteiger partial charge in [0.15, 0.2) is 0 Å². The van der Waals surface area contributed by atoms with Gasteiger partial charge in [-0.1, -0.05) is 56.0 Å². The maximum atomic E-state index is 5.90. The Balaban J connectivity index is 2.11. The molecular formula is C19H21NO. The summed E-state index contributed by atoms with van der Waals surface area (Å²) in [6, 6.07) is 16.2. The van der Waals surface area contributed by atoms with E-state index in [-0.39, 0.29) is 0 Å². The SMILES string of the molecule is CC(C)c1cccc(OCc2ccccc2C#CCN)c1. The van der Waals surface area contributed by atoms with Crippen molar-refractivity contribution in [2.24, 2.45) is 5.73 Å². The highest BCUT2D eigenvalue weighted by atomic mass is 16.5. The Hall–Kier alpha value is -2.24. The fraction of sp³-hybridized carbons (Fsp3) is 0.263. The molecule has 0 heterocycles. The molecule has 2 N–H and O–H groups in total. The van der Waals surface area contributed by atoms with Crippen molar-refractivity contribution in [3.8, 4) is 17.6 Å². The molecule has 108 valence electrons. The lowest BCUT2D eigenvalue weighted by Crippen LogP contribution is -1.99. The van der Waals surface area contributed by atoms with E-state index in [1.54, 1.807) is 0 Å². The van der Waals surface area contributed by atoms with Gasteiger partial charge in [0, 0.05) is 11.1 Å². The van der Waals surface area contributed by atoms with Crippen LogP contribution in [0.3, 0.4) is 0 Å². The topological polar surface area (TPSA) is 35.2 Å². The normalized spacial score (nSPS) is 10.1. The highest BCUT2D eigenvalue weighted by molar-refractivity contribution is 5.41. The van der Waals surface area contributed by atoms with E-state index < -0.39 is 0 Å². The van der Waals surface area contributed by atoms with E-state index in [9.17, 15) is 0 Å². The van der Waals surface area contributed by atoms with E-state index in [4.69, 9.17) is 10.5 Å². The minimum atomic E-state index is 0.367. The molecule has 0 aliphatic rings. The van der Waals surface area contributed by atoms with E-state index in [0.29, 0.717) is 19.1 Å². The monoisotopic (exact) mass is 279 g/mol. The van der Waals surface area contributed by atoms with Gasteiger partial charge in [0.2, 0.25) is 0 Å². The fourth-order valence-electron chi connectivity index (χ4n) is 2.04. The van der Waals surface area contributed by atoms with Crippen molar-refractivity contribution in [3.05, 3.63) is 65.2 Å². The lowest BCUT2D eigenvalue weighted by atomic mass is 10.0. The molecule has 0 amide bonds. The summed E-state index contributed by atoms with van der Waals surface area (Å²) in [6.07, 6.45) is 0. The minimum Gasteiger partial charge on any atom is -0.489 e. The van der Waals surface area contributed by atoms with E-state index in [1.807, 2.05) is 36.4 Å². The molecule has 0 saturated carbocycles. The molecule has 2 rings (SSSR count). The van der Waals surface area contributed by atoms with Gasteiger partial charge in [-0.15, -0.1) is 0 Å². The van der Waals surface area contributed by atoms with E-state index in [1.165, 1.54) is 5.56 Å². The van der Waals surface area contributed by atoms with Crippen molar-refractivity contribution >= 4 is 0 Å². The summed E-state index contributed by atoms with van der Waals surface area (Å²) >= 11 is 0. The lowest BCUT2D eigenvalue weighted by molar-refractivity contribution is 0.305. The third-order valence-electron chi connectivity index (χ3n) is 3.26. The number of ether oxygens (including phenoxy) is 1. The number of rotatable bonds is 4. The van der Waals surface area contributed by atoms with Crippen LogP contribution in [0.25, 0.3) is 0 Å². The van der Waals surface area contributed by atoms with Crippen LogP contribution >= 0.6 is 0 Å². The van der Waals surface area contributed by atoms with E-state index in [2.05, 4.69) is 37.8 Å². The largest absolute Gasteiger partial charge is 0.489 e. The molecule has 0 unspecified atom stereocenters. The smallest absolute Gasteiger partial charge is 0.120 e. The van der Waals surface area contributed by atoms with Crippen molar-refractivity contribution < 1.29 is 4.74 Å². The first-order valence-corrected chi connectivity index (χ1v) is 7.20. The van der Waals surface area contributed by atoms with Gasteiger partial charge in [0.1, 0.15) is 12.4 Å². The van der Waals surface area contributed by atoms with E-state index >= 15 is 0 Å². The van der Waals surface area contributed by atoms with E-state index in [0.717, 1.165) is 16.9 Å². The van der Waals surface area contributed by atoms with Crippen LogP contribution in [0.1, 0.15) is 36.5 Å². The average molecular weight is 279 g/mol. The molecule has 2 aromatic carbocycles. The fourth-order valence-corrected chi connectivity index (χ4v) is 2.04. The van der Waals surface area contributed by atoms with Crippen LogP contribution in [0, 0.1) is 11.8 Å². The Morgan fingerprint density at radius 2 is 1.90 bits per heavy atom. The molecule has 0 radical (unpaired) electrons. The molecule has 0 saturated heterocycles. The lowest BCUT2D eigenvalue weighted by Gasteiger charge is -2.11. The van der Waals surface area contributed by atoms with Crippen LogP contribution in [0.5, 0.6) is 5.75 Å². The molecule has 0 fully saturated rings. The third-order valence-corrected chi connectivity index (χ3v) is 3.26. The van der Waals surface area contributed by atoms with Crippen molar-refractivity contribution in [1.82, 2.24) is 0 Å². The van der Waals surface area contributed by atoms with Gasteiger partial charge >= 0.3 is 0 Å². The van der Waals surface area contributed by atoms with Crippen molar-refractivity contribution in [1.29, 1.82) is 0 Å². The second-order valence-corrected chi connectivity index (χ2v) is 5.18. The molecule has 0 aliphatic heterocycles. The van der Waals surface area contributed by atoms with Gasteiger partial charge in [-0.05, 0) is 29.7 Å². The molecule has 2 aromatic rings. The first kappa shape index (κ1) is 15.2. The zero-order valence-corrected chi connectivity index (χ0v) is 12.6. The molecule has 0 bridgehead atoms. The van der Waals surface area contributed by atoms with Gasteiger partial charge in [0.25, 0.3) is 0 Å². The zero-order chi connectivity index (χ0) is 15.1. The second kappa shape index (κ2) is 7.52. The quantitative estimate of drug-likeness (QED) is 0.866. The van der Waals surface area contributed by atoms with Crippen molar-refractivity contribution in [2.45, 2.75) is 26.4 Å². The number of benzene rings is 2. The van der Waals surface area contributed by atoms with Crippen molar-refractivity contribution in [2.75, 3.05) is 6.54 Å². The zero-order valence-electron chi connectivity index (χ0n) is 12.6. The molecule has 2 nitrogen and oxygen atoms in total. The maximum Gasteiger partial charge on any atom is 0.120 e. The molecule has 21 heavy (non-hydrogen) atoms. The van der Waals surface area contributed by atoms with Gasteiger partial charge in [-0.2, -0.15) is 0 Å².